The van der Waals surface area contributed by atoms with Gasteiger partial charge in [0.1, 0.15) is 28.6 Å². The Balaban J connectivity index is 2.24. The number of rotatable bonds is 5. The molecule has 0 radical (unpaired) electrons. The molecular weight excluding hydrogens is 313 g/mol. The number of benzene rings is 2. The van der Waals surface area contributed by atoms with E-state index in [9.17, 15) is 9.50 Å². The van der Waals surface area contributed by atoms with Gasteiger partial charge in [0, 0.05) is 5.56 Å². The molecule has 0 saturated carbocycles. The van der Waals surface area contributed by atoms with Gasteiger partial charge in [-0.3, -0.25) is 0 Å². The minimum atomic E-state index is -0.445. The number of hydrogen-bond acceptors (Lipinski definition) is 5. The van der Waals surface area contributed by atoms with Gasteiger partial charge < -0.3 is 19.1 Å². The van der Waals surface area contributed by atoms with E-state index < -0.39 is 5.82 Å². The Morgan fingerprint density at radius 1 is 1.04 bits per heavy atom. The van der Waals surface area contributed by atoms with E-state index in [0.717, 1.165) is 0 Å². The number of aliphatic hydroxyl groups is 1. The van der Waals surface area contributed by atoms with Crippen molar-refractivity contribution in [1.29, 1.82) is 0 Å². The van der Waals surface area contributed by atoms with E-state index in [1.54, 1.807) is 36.4 Å². The number of ether oxygens (including phenoxy) is 2. The van der Waals surface area contributed by atoms with Crippen molar-refractivity contribution < 1.29 is 23.5 Å². The third-order valence-corrected chi connectivity index (χ3v) is 3.73. The average Bonchev–Trinajstić information content (AvgIpc) is 3.04. The van der Waals surface area contributed by atoms with Crippen molar-refractivity contribution in [3.8, 4) is 34.1 Å². The summed E-state index contributed by atoms with van der Waals surface area (Å²) in [4.78, 5) is 0. The molecule has 5 nitrogen and oxygen atoms in total. The molecule has 0 amide bonds. The van der Waals surface area contributed by atoms with E-state index in [2.05, 4.69) is 5.16 Å². The van der Waals surface area contributed by atoms with Crippen LogP contribution in [0, 0.1) is 5.82 Å². The van der Waals surface area contributed by atoms with Crippen LogP contribution in [0.5, 0.6) is 11.5 Å². The monoisotopic (exact) mass is 329 g/mol. The van der Waals surface area contributed by atoms with Crippen molar-refractivity contribution in [2.45, 2.75) is 6.61 Å². The van der Waals surface area contributed by atoms with Gasteiger partial charge in [-0.2, -0.15) is 0 Å². The minimum absolute atomic E-state index is 0.249. The fourth-order valence-electron chi connectivity index (χ4n) is 2.59. The lowest BCUT2D eigenvalue weighted by Crippen LogP contribution is -1.95. The van der Waals surface area contributed by atoms with E-state index >= 15 is 0 Å². The molecule has 0 atom stereocenters. The number of aliphatic hydroxyl groups excluding tert-OH is 1. The molecule has 6 heteroatoms. The standard InChI is InChI=1S/C18H16FNO4/c1-22-14-8-5-9-15(23-2)16(14)18-12(10-21)17(20-24-18)11-6-3-4-7-13(11)19/h3-9,21H,10H2,1-2H3. The van der Waals surface area contributed by atoms with Gasteiger partial charge in [-0.1, -0.05) is 23.4 Å². The van der Waals surface area contributed by atoms with Crippen molar-refractivity contribution in [1.82, 2.24) is 5.16 Å². The second-order valence-corrected chi connectivity index (χ2v) is 5.01. The first kappa shape index (κ1) is 16.0. The summed E-state index contributed by atoms with van der Waals surface area (Å²) < 4.78 is 30.2. The SMILES string of the molecule is COc1cccc(OC)c1-c1onc(-c2ccccc2F)c1CO. The van der Waals surface area contributed by atoms with Crippen LogP contribution in [-0.2, 0) is 6.61 Å². The highest BCUT2D eigenvalue weighted by Crippen LogP contribution is 2.42. The lowest BCUT2D eigenvalue weighted by atomic mass is 10.0. The maximum absolute atomic E-state index is 14.1. The van der Waals surface area contributed by atoms with Crippen LogP contribution in [0.25, 0.3) is 22.6 Å². The van der Waals surface area contributed by atoms with Gasteiger partial charge in [-0.25, -0.2) is 4.39 Å². The minimum Gasteiger partial charge on any atom is -0.496 e. The van der Waals surface area contributed by atoms with Crippen LogP contribution in [-0.4, -0.2) is 24.5 Å². The molecule has 0 aliphatic rings. The summed E-state index contributed by atoms with van der Waals surface area (Å²) >= 11 is 0. The summed E-state index contributed by atoms with van der Waals surface area (Å²) in [6.07, 6.45) is 0. The second kappa shape index (κ2) is 6.72. The predicted molar refractivity (Wildman–Crippen MR) is 86.4 cm³/mol. The Labute approximate surface area is 138 Å². The molecule has 1 aromatic heterocycles. The van der Waals surface area contributed by atoms with Gasteiger partial charge in [0.05, 0.1) is 26.4 Å². The van der Waals surface area contributed by atoms with E-state index in [1.807, 2.05) is 0 Å². The Bertz CT molecular complexity index is 838. The molecule has 0 aliphatic carbocycles. The van der Waals surface area contributed by atoms with Crippen LogP contribution in [0.4, 0.5) is 4.39 Å². The van der Waals surface area contributed by atoms with Gasteiger partial charge in [0.2, 0.25) is 0 Å². The molecular formula is C18H16FNO4. The highest BCUT2D eigenvalue weighted by molar-refractivity contribution is 5.79. The van der Waals surface area contributed by atoms with E-state index in [4.69, 9.17) is 14.0 Å². The fraction of sp³-hybridized carbons (Fsp3) is 0.167. The quantitative estimate of drug-likeness (QED) is 0.774. The first-order valence-corrected chi connectivity index (χ1v) is 7.27. The molecule has 1 N–H and O–H groups in total. The van der Waals surface area contributed by atoms with Crippen molar-refractivity contribution in [3.05, 3.63) is 53.8 Å². The zero-order valence-corrected chi connectivity index (χ0v) is 13.2. The summed E-state index contributed by atoms with van der Waals surface area (Å²) in [6, 6.07) is 11.4. The second-order valence-electron chi connectivity index (χ2n) is 5.01. The summed E-state index contributed by atoms with van der Waals surface area (Å²) in [5.74, 6) is 0.838. The van der Waals surface area contributed by atoms with Crippen LogP contribution in [0.15, 0.2) is 47.0 Å². The summed E-state index contributed by atoms with van der Waals surface area (Å²) in [5.41, 5.74) is 1.38. The van der Waals surface area contributed by atoms with Gasteiger partial charge in [-0.05, 0) is 24.3 Å². The molecule has 24 heavy (non-hydrogen) atoms. The molecule has 2 aromatic carbocycles. The predicted octanol–water partition coefficient (Wildman–Crippen LogP) is 3.66. The van der Waals surface area contributed by atoms with Crippen LogP contribution in [0.3, 0.4) is 0 Å². The van der Waals surface area contributed by atoms with E-state index in [-0.39, 0.29) is 23.6 Å². The van der Waals surface area contributed by atoms with Crippen molar-refractivity contribution in [2.24, 2.45) is 0 Å². The molecule has 0 saturated heterocycles. The van der Waals surface area contributed by atoms with Gasteiger partial charge in [0.15, 0.2) is 5.76 Å². The van der Waals surface area contributed by atoms with Crippen LogP contribution in [0.2, 0.25) is 0 Å². The number of nitrogens with zero attached hydrogens (tertiary/aromatic N) is 1. The number of methoxy groups -OCH3 is 2. The summed E-state index contributed by atoms with van der Waals surface area (Å²) in [5, 5.41) is 13.8. The first-order valence-electron chi connectivity index (χ1n) is 7.27. The Hall–Kier alpha value is -2.86. The number of halogens is 1. The number of hydrogen-bond donors (Lipinski definition) is 1. The maximum atomic E-state index is 14.1. The van der Waals surface area contributed by atoms with E-state index in [1.165, 1.54) is 20.3 Å². The molecule has 0 bridgehead atoms. The maximum Gasteiger partial charge on any atom is 0.180 e. The molecule has 124 valence electrons. The van der Waals surface area contributed by atoms with Crippen molar-refractivity contribution in [2.75, 3.05) is 14.2 Å². The molecule has 1 heterocycles. The van der Waals surface area contributed by atoms with Gasteiger partial charge in [-0.15, -0.1) is 0 Å². The zero-order chi connectivity index (χ0) is 17.1. The van der Waals surface area contributed by atoms with Crippen LogP contribution >= 0.6 is 0 Å². The molecule has 0 fully saturated rings. The van der Waals surface area contributed by atoms with Gasteiger partial charge >= 0.3 is 0 Å². The lowest BCUT2D eigenvalue weighted by molar-refractivity contribution is 0.281. The smallest absolute Gasteiger partial charge is 0.180 e. The Morgan fingerprint density at radius 3 is 2.29 bits per heavy atom. The van der Waals surface area contributed by atoms with Gasteiger partial charge in [0.25, 0.3) is 0 Å². The first-order chi connectivity index (χ1) is 11.7. The highest BCUT2D eigenvalue weighted by Gasteiger charge is 2.25. The average molecular weight is 329 g/mol. The van der Waals surface area contributed by atoms with Crippen molar-refractivity contribution >= 4 is 0 Å². The highest BCUT2D eigenvalue weighted by atomic mass is 19.1. The van der Waals surface area contributed by atoms with Crippen LogP contribution < -0.4 is 9.47 Å². The fourth-order valence-corrected chi connectivity index (χ4v) is 2.59. The Kier molecular flexibility index (Phi) is 4.48. The van der Waals surface area contributed by atoms with E-state index in [0.29, 0.717) is 22.6 Å². The normalized spacial score (nSPS) is 10.7. The topological polar surface area (TPSA) is 64.7 Å². The zero-order valence-electron chi connectivity index (χ0n) is 13.2. The number of aromatic nitrogens is 1. The third kappa shape index (κ3) is 2.61. The molecule has 0 aliphatic heterocycles. The summed E-state index contributed by atoms with van der Waals surface area (Å²) in [6.45, 7) is -0.371. The molecule has 3 aromatic rings. The molecule has 0 spiro atoms. The Morgan fingerprint density at radius 2 is 1.71 bits per heavy atom. The molecule has 0 unspecified atom stereocenters. The van der Waals surface area contributed by atoms with Crippen molar-refractivity contribution in [3.63, 3.8) is 0 Å². The molecule has 3 rings (SSSR count). The van der Waals surface area contributed by atoms with Crippen LogP contribution in [0.1, 0.15) is 5.56 Å². The third-order valence-electron chi connectivity index (χ3n) is 3.73. The largest absolute Gasteiger partial charge is 0.496 e. The summed E-state index contributed by atoms with van der Waals surface area (Å²) in [7, 11) is 3.04. The lowest BCUT2D eigenvalue weighted by Gasteiger charge is -2.11.